The Kier molecular flexibility index (Phi) is 4.07. The van der Waals surface area contributed by atoms with Crippen molar-refractivity contribution in [2.45, 2.75) is 37.6 Å². The molecule has 2 rings (SSSR count). The molecule has 2 N–H and O–H groups in total. The van der Waals surface area contributed by atoms with Crippen LogP contribution in [0, 0.1) is 0 Å². The normalized spacial score (nSPS) is 20.7. The molecular formula is C14H21NO2S. The number of benzene rings is 1. The molecular weight excluding hydrogens is 246 g/mol. The molecule has 4 heteroatoms. The van der Waals surface area contributed by atoms with Crippen LogP contribution in [0.2, 0.25) is 0 Å². The highest BCUT2D eigenvalue weighted by Gasteiger charge is 2.26. The molecule has 3 nitrogen and oxygen atoms in total. The van der Waals surface area contributed by atoms with Crippen LogP contribution >= 0.6 is 0 Å². The lowest BCUT2D eigenvalue weighted by atomic mass is 9.91. The molecule has 0 aromatic heterocycles. The Balaban J connectivity index is 1.93. The Hall–Kier alpha value is -0.870. The Morgan fingerprint density at radius 1 is 1.39 bits per heavy atom. The lowest BCUT2D eigenvalue weighted by Gasteiger charge is -2.20. The molecule has 0 heterocycles. The monoisotopic (exact) mass is 267 g/mol. The van der Waals surface area contributed by atoms with E-state index in [-0.39, 0.29) is 11.8 Å². The van der Waals surface area contributed by atoms with Crippen LogP contribution in [0.15, 0.2) is 24.3 Å². The molecule has 2 atom stereocenters. The number of aryl methyl sites for hydroxylation is 1. The molecule has 0 saturated heterocycles. The number of hydrogen-bond acceptors (Lipinski definition) is 3. The summed E-state index contributed by atoms with van der Waals surface area (Å²) in [6, 6.07) is 8.52. The first-order valence-electron chi connectivity index (χ1n) is 6.48. The third kappa shape index (κ3) is 3.33. The van der Waals surface area contributed by atoms with Crippen LogP contribution in [0.1, 0.15) is 36.3 Å². The smallest absolute Gasteiger partial charge is 0.147 e. The van der Waals surface area contributed by atoms with E-state index in [4.69, 9.17) is 5.73 Å². The zero-order valence-electron chi connectivity index (χ0n) is 10.8. The fraction of sp³-hybridized carbons (Fsp3) is 0.571. The van der Waals surface area contributed by atoms with Gasteiger partial charge in [0.05, 0.1) is 0 Å². The van der Waals surface area contributed by atoms with E-state index in [1.54, 1.807) is 0 Å². The Labute approximate surface area is 109 Å². The minimum atomic E-state index is -2.86. The average Bonchev–Trinajstić information content (AvgIpc) is 2.70. The molecule has 1 aromatic rings. The molecule has 100 valence electrons. The maximum absolute atomic E-state index is 11.1. The highest BCUT2D eigenvalue weighted by atomic mass is 32.2. The Bertz CT molecular complexity index is 510. The van der Waals surface area contributed by atoms with Crippen LogP contribution < -0.4 is 5.73 Å². The van der Waals surface area contributed by atoms with Crippen molar-refractivity contribution in [2.75, 3.05) is 12.0 Å². The molecule has 1 aliphatic carbocycles. The number of nitrogens with two attached hydrogens (primary N) is 1. The summed E-state index contributed by atoms with van der Waals surface area (Å²) in [6.45, 7) is 0. The average molecular weight is 267 g/mol. The van der Waals surface area contributed by atoms with E-state index in [9.17, 15) is 8.42 Å². The molecule has 0 aliphatic heterocycles. The van der Waals surface area contributed by atoms with Gasteiger partial charge in [0.2, 0.25) is 0 Å². The molecule has 0 radical (unpaired) electrons. The largest absolute Gasteiger partial charge is 0.327 e. The first kappa shape index (κ1) is 13.6. The standard InChI is InChI=1S/C14H21NO2S/c1-18(16,17)10-4-7-14(15)13-9-8-11-5-2-3-6-12(11)13/h2-3,5-6,13-14H,4,7-10,15H2,1H3. The van der Waals surface area contributed by atoms with Gasteiger partial charge in [-0.2, -0.15) is 0 Å². The summed E-state index contributed by atoms with van der Waals surface area (Å²) in [5.74, 6) is 0.649. The molecule has 2 unspecified atom stereocenters. The summed E-state index contributed by atoms with van der Waals surface area (Å²) in [5, 5.41) is 0. The third-order valence-corrected chi connectivity index (χ3v) is 4.78. The van der Waals surface area contributed by atoms with E-state index in [1.807, 2.05) is 0 Å². The van der Waals surface area contributed by atoms with Crippen molar-refractivity contribution in [3.63, 3.8) is 0 Å². The molecule has 0 amide bonds. The minimum Gasteiger partial charge on any atom is -0.327 e. The van der Waals surface area contributed by atoms with Crippen molar-refractivity contribution in [3.8, 4) is 0 Å². The van der Waals surface area contributed by atoms with E-state index in [1.165, 1.54) is 17.4 Å². The predicted molar refractivity (Wildman–Crippen MR) is 74.4 cm³/mol. The van der Waals surface area contributed by atoms with Gasteiger partial charge in [-0.25, -0.2) is 8.42 Å². The quantitative estimate of drug-likeness (QED) is 0.886. The van der Waals surface area contributed by atoms with Crippen molar-refractivity contribution >= 4 is 9.84 Å². The van der Waals surface area contributed by atoms with Gasteiger partial charge in [0.15, 0.2) is 0 Å². The SMILES string of the molecule is CS(=O)(=O)CCCC(N)C1CCc2ccccc21. The van der Waals surface area contributed by atoms with Gasteiger partial charge in [-0.1, -0.05) is 24.3 Å². The summed E-state index contributed by atoms with van der Waals surface area (Å²) in [5.41, 5.74) is 9.00. The molecule has 1 aromatic carbocycles. The lowest BCUT2D eigenvalue weighted by molar-refractivity contribution is 0.490. The van der Waals surface area contributed by atoms with Gasteiger partial charge < -0.3 is 5.73 Å². The fourth-order valence-electron chi connectivity index (χ4n) is 2.82. The number of hydrogen-bond donors (Lipinski definition) is 1. The highest BCUT2D eigenvalue weighted by Crippen LogP contribution is 2.35. The summed E-state index contributed by atoms with van der Waals surface area (Å²) in [4.78, 5) is 0. The summed E-state index contributed by atoms with van der Waals surface area (Å²) in [6.07, 6.45) is 4.92. The van der Waals surface area contributed by atoms with E-state index in [0.717, 1.165) is 19.3 Å². The van der Waals surface area contributed by atoms with Crippen LogP contribution in [-0.2, 0) is 16.3 Å². The summed E-state index contributed by atoms with van der Waals surface area (Å²) < 4.78 is 22.2. The minimum absolute atomic E-state index is 0.0791. The summed E-state index contributed by atoms with van der Waals surface area (Å²) >= 11 is 0. The van der Waals surface area contributed by atoms with Gasteiger partial charge in [-0.05, 0) is 42.7 Å². The van der Waals surface area contributed by atoms with Gasteiger partial charge in [0, 0.05) is 18.1 Å². The van der Waals surface area contributed by atoms with Gasteiger partial charge in [0.1, 0.15) is 9.84 Å². The third-order valence-electron chi connectivity index (χ3n) is 3.75. The van der Waals surface area contributed by atoms with Gasteiger partial charge in [-0.15, -0.1) is 0 Å². The number of sulfone groups is 1. The van der Waals surface area contributed by atoms with Crippen LogP contribution in [0.3, 0.4) is 0 Å². The second-order valence-corrected chi connectivity index (χ2v) is 7.54. The number of fused-ring (bicyclic) bond motifs is 1. The zero-order valence-corrected chi connectivity index (χ0v) is 11.6. The summed E-state index contributed by atoms with van der Waals surface area (Å²) in [7, 11) is -2.86. The second kappa shape index (κ2) is 5.41. The van der Waals surface area contributed by atoms with Crippen LogP contribution in [0.5, 0.6) is 0 Å². The first-order chi connectivity index (χ1) is 8.47. The second-order valence-electron chi connectivity index (χ2n) is 5.28. The molecule has 18 heavy (non-hydrogen) atoms. The zero-order chi connectivity index (χ0) is 13.2. The van der Waals surface area contributed by atoms with E-state index in [2.05, 4.69) is 24.3 Å². The Morgan fingerprint density at radius 3 is 2.83 bits per heavy atom. The lowest BCUT2D eigenvalue weighted by Crippen LogP contribution is -2.27. The molecule has 0 bridgehead atoms. The molecule has 1 aliphatic rings. The van der Waals surface area contributed by atoms with Crippen LogP contribution in [-0.4, -0.2) is 26.5 Å². The molecule has 0 saturated carbocycles. The van der Waals surface area contributed by atoms with Crippen molar-refractivity contribution < 1.29 is 8.42 Å². The van der Waals surface area contributed by atoms with E-state index in [0.29, 0.717) is 12.3 Å². The first-order valence-corrected chi connectivity index (χ1v) is 8.54. The Morgan fingerprint density at radius 2 is 2.11 bits per heavy atom. The maximum Gasteiger partial charge on any atom is 0.147 e. The predicted octanol–water partition coefficient (Wildman–Crippen LogP) is 1.87. The molecule has 0 spiro atoms. The molecule has 0 fully saturated rings. The van der Waals surface area contributed by atoms with Crippen LogP contribution in [0.4, 0.5) is 0 Å². The van der Waals surface area contributed by atoms with E-state index < -0.39 is 9.84 Å². The van der Waals surface area contributed by atoms with Crippen molar-refractivity contribution in [1.82, 2.24) is 0 Å². The van der Waals surface area contributed by atoms with Crippen molar-refractivity contribution in [1.29, 1.82) is 0 Å². The van der Waals surface area contributed by atoms with Crippen molar-refractivity contribution in [3.05, 3.63) is 35.4 Å². The van der Waals surface area contributed by atoms with E-state index >= 15 is 0 Å². The fourth-order valence-corrected chi connectivity index (χ4v) is 3.51. The van der Waals surface area contributed by atoms with Gasteiger partial charge in [-0.3, -0.25) is 0 Å². The van der Waals surface area contributed by atoms with Crippen molar-refractivity contribution in [2.24, 2.45) is 5.73 Å². The number of rotatable bonds is 5. The van der Waals surface area contributed by atoms with Gasteiger partial charge >= 0.3 is 0 Å². The highest BCUT2D eigenvalue weighted by molar-refractivity contribution is 7.90. The maximum atomic E-state index is 11.1. The van der Waals surface area contributed by atoms with Gasteiger partial charge in [0.25, 0.3) is 0 Å². The van der Waals surface area contributed by atoms with Crippen LogP contribution in [0.25, 0.3) is 0 Å². The topological polar surface area (TPSA) is 60.2 Å².